The number of hydrogen-bond donors (Lipinski definition) is 0. The summed E-state index contributed by atoms with van der Waals surface area (Å²) in [6.45, 7) is 4.16. The molecule has 0 amide bonds. The maximum Gasteiger partial charge on any atom is 0.347 e. The molecule has 0 aliphatic carbocycles. The molecule has 4 nitrogen and oxygen atoms in total. The lowest BCUT2D eigenvalue weighted by molar-refractivity contribution is -0.151. The average Bonchev–Trinajstić information content (AvgIpc) is 2.39. The fourth-order valence-corrected chi connectivity index (χ4v) is 1.54. The molecule has 0 fully saturated rings. The Kier molecular flexibility index (Phi) is 6.05. The third-order valence-electron chi connectivity index (χ3n) is 2.44. The van der Waals surface area contributed by atoms with Crippen molar-refractivity contribution in [2.24, 2.45) is 0 Å². The van der Waals surface area contributed by atoms with Gasteiger partial charge in [-0.3, -0.25) is 0 Å². The fraction of sp³-hybridized carbons (Fsp3) is 0.500. The smallest absolute Gasteiger partial charge is 0.347 e. The predicted molar refractivity (Wildman–Crippen MR) is 69.0 cm³/mol. The van der Waals surface area contributed by atoms with Crippen LogP contribution in [0.25, 0.3) is 0 Å². The van der Waals surface area contributed by atoms with Crippen molar-refractivity contribution in [2.45, 2.75) is 32.8 Å². The molecule has 0 aliphatic heterocycles. The summed E-state index contributed by atoms with van der Waals surface area (Å²) in [4.78, 5) is 11.7. The van der Waals surface area contributed by atoms with Crippen LogP contribution < -0.4 is 9.47 Å². The Labute approximate surface area is 108 Å². The van der Waals surface area contributed by atoms with E-state index < -0.39 is 6.10 Å². The van der Waals surface area contributed by atoms with E-state index in [1.54, 1.807) is 38.3 Å². The van der Waals surface area contributed by atoms with Gasteiger partial charge in [0.2, 0.25) is 0 Å². The van der Waals surface area contributed by atoms with E-state index >= 15 is 0 Å². The molecular formula is C14H20O4. The van der Waals surface area contributed by atoms with Gasteiger partial charge in [-0.2, -0.15) is 0 Å². The molecule has 4 heteroatoms. The molecule has 0 radical (unpaired) electrons. The number of ether oxygens (including phenoxy) is 3. The first kappa shape index (κ1) is 14.4. The molecule has 0 saturated heterocycles. The zero-order chi connectivity index (χ0) is 13.4. The second-order valence-corrected chi connectivity index (χ2v) is 3.82. The van der Waals surface area contributed by atoms with Gasteiger partial charge in [0.1, 0.15) is 11.5 Å². The van der Waals surface area contributed by atoms with Gasteiger partial charge in [-0.05, 0) is 37.6 Å². The molecule has 0 saturated carbocycles. The van der Waals surface area contributed by atoms with Gasteiger partial charge in [0, 0.05) is 0 Å². The molecule has 1 aromatic carbocycles. The van der Waals surface area contributed by atoms with Gasteiger partial charge < -0.3 is 14.2 Å². The van der Waals surface area contributed by atoms with Crippen molar-refractivity contribution in [3.63, 3.8) is 0 Å². The standard InChI is InChI=1S/C14H20O4/c1-4-6-13(14(15)17-5-2)18-12-9-7-11(16-3)8-10-12/h7-10,13H,4-6H2,1-3H3. The van der Waals surface area contributed by atoms with Crippen molar-refractivity contribution in [3.8, 4) is 11.5 Å². The highest BCUT2D eigenvalue weighted by molar-refractivity contribution is 5.75. The van der Waals surface area contributed by atoms with E-state index in [0.717, 1.165) is 12.2 Å². The van der Waals surface area contributed by atoms with E-state index in [2.05, 4.69) is 0 Å². The molecule has 100 valence electrons. The Morgan fingerprint density at radius 1 is 1.17 bits per heavy atom. The van der Waals surface area contributed by atoms with Crippen molar-refractivity contribution < 1.29 is 19.0 Å². The van der Waals surface area contributed by atoms with Crippen LogP contribution in [0.4, 0.5) is 0 Å². The number of hydrogen-bond acceptors (Lipinski definition) is 4. The van der Waals surface area contributed by atoms with Crippen LogP contribution >= 0.6 is 0 Å². The third-order valence-corrected chi connectivity index (χ3v) is 2.44. The van der Waals surface area contributed by atoms with Gasteiger partial charge >= 0.3 is 5.97 Å². The van der Waals surface area contributed by atoms with Crippen molar-refractivity contribution in [1.29, 1.82) is 0 Å². The van der Waals surface area contributed by atoms with Crippen LogP contribution in [0.1, 0.15) is 26.7 Å². The fourth-order valence-electron chi connectivity index (χ4n) is 1.54. The molecule has 18 heavy (non-hydrogen) atoms. The van der Waals surface area contributed by atoms with Gasteiger partial charge in [0.15, 0.2) is 6.10 Å². The van der Waals surface area contributed by atoms with Crippen LogP contribution in [0.15, 0.2) is 24.3 Å². The summed E-state index contributed by atoms with van der Waals surface area (Å²) in [7, 11) is 1.61. The largest absolute Gasteiger partial charge is 0.497 e. The summed E-state index contributed by atoms with van der Waals surface area (Å²) < 4.78 is 15.7. The van der Waals surface area contributed by atoms with Gasteiger partial charge in [0.05, 0.1) is 13.7 Å². The highest BCUT2D eigenvalue weighted by Crippen LogP contribution is 2.19. The van der Waals surface area contributed by atoms with Crippen molar-refractivity contribution in [2.75, 3.05) is 13.7 Å². The molecule has 0 spiro atoms. The molecule has 1 aromatic rings. The zero-order valence-electron chi connectivity index (χ0n) is 11.1. The van der Waals surface area contributed by atoms with E-state index in [0.29, 0.717) is 18.8 Å². The Hall–Kier alpha value is -1.71. The SMILES string of the molecule is CCCC(Oc1ccc(OC)cc1)C(=O)OCC. The maximum atomic E-state index is 11.7. The lowest BCUT2D eigenvalue weighted by atomic mass is 10.2. The molecular weight excluding hydrogens is 232 g/mol. The second kappa shape index (κ2) is 7.58. The summed E-state index contributed by atoms with van der Waals surface area (Å²) in [6.07, 6.45) is 0.966. The third kappa shape index (κ3) is 4.28. The number of methoxy groups -OCH3 is 1. The van der Waals surface area contributed by atoms with Crippen molar-refractivity contribution in [1.82, 2.24) is 0 Å². The van der Waals surface area contributed by atoms with E-state index in [1.807, 2.05) is 6.92 Å². The minimum atomic E-state index is -0.539. The molecule has 0 N–H and O–H groups in total. The van der Waals surface area contributed by atoms with Crippen LogP contribution in [-0.4, -0.2) is 25.8 Å². The van der Waals surface area contributed by atoms with Crippen LogP contribution in [0.2, 0.25) is 0 Å². The lowest BCUT2D eigenvalue weighted by Crippen LogP contribution is -2.29. The highest BCUT2D eigenvalue weighted by Gasteiger charge is 2.20. The van der Waals surface area contributed by atoms with Crippen LogP contribution in [0.5, 0.6) is 11.5 Å². The van der Waals surface area contributed by atoms with Crippen LogP contribution in [-0.2, 0) is 9.53 Å². The van der Waals surface area contributed by atoms with Crippen molar-refractivity contribution >= 4 is 5.97 Å². The lowest BCUT2D eigenvalue weighted by Gasteiger charge is -2.17. The first-order valence-corrected chi connectivity index (χ1v) is 6.18. The normalized spacial score (nSPS) is 11.7. The monoisotopic (exact) mass is 252 g/mol. The molecule has 0 aliphatic rings. The molecule has 0 heterocycles. The minimum absolute atomic E-state index is 0.310. The number of carbonyl (C=O) groups excluding carboxylic acids is 1. The molecule has 0 aromatic heterocycles. The van der Waals surface area contributed by atoms with Crippen LogP contribution in [0.3, 0.4) is 0 Å². The highest BCUT2D eigenvalue weighted by atomic mass is 16.6. The molecule has 1 rings (SSSR count). The predicted octanol–water partition coefficient (Wildman–Crippen LogP) is 2.81. The number of esters is 1. The van der Waals surface area contributed by atoms with E-state index in [9.17, 15) is 4.79 Å². The average molecular weight is 252 g/mol. The summed E-state index contributed by atoms with van der Waals surface area (Å²) in [6, 6.07) is 7.15. The summed E-state index contributed by atoms with van der Waals surface area (Å²) in [5.41, 5.74) is 0. The maximum absolute atomic E-state index is 11.7. The topological polar surface area (TPSA) is 44.8 Å². The summed E-state index contributed by atoms with van der Waals surface area (Å²) in [5.74, 6) is 1.09. The number of carbonyl (C=O) groups is 1. The van der Waals surface area contributed by atoms with Gasteiger partial charge in [0.25, 0.3) is 0 Å². The van der Waals surface area contributed by atoms with Gasteiger partial charge in [-0.25, -0.2) is 4.79 Å². The second-order valence-electron chi connectivity index (χ2n) is 3.82. The first-order chi connectivity index (χ1) is 8.71. The minimum Gasteiger partial charge on any atom is -0.497 e. The van der Waals surface area contributed by atoms with Crippen molar-refractivity contribution in [3.05, 3.63) is 24.3 Å². The zero-order valence-corrected chi connectivity index (χ0v) is 11.1. The van der Waals surface area contributed by atoms with Crippen LogP contribution in [0, 0.1) is 0 Å². The number of benzene rings is 1. The van der Waals surface area contributed by atoms with E-state index in [4.69, 9.17) is 14.2 Å². The Balaban J connectivity index is 2.66. The molecule has 0 bridgehead atoms. The summed E-state index contributed by atoms with van der Waals surface area (Å²) in [5, 5.41) is 0. The summed E-state index contributed by atoms with van der Waals surface area (Å²) >= 11 is 0. The quantitative estimate of drug-likeness (QED) is 0.700. The van der Waals surface area contributed by atoms with Gasteiger partial charge in [-0.15, -0.1) is 0 Å². The van der Waals surface area contributed by atoms with E-state index in [1.165, 1.54) is 0 Å². The Bertz CT molecular complexity index is 359. The van der Waals surface area contributed by atoms with E-state index in [-0.39, 0.29) is 5.97 Å². The number of rotatable bonds is 7. The molecule has 1 atom stereocenters. The first-order valence-electron chi connectivity index (χ1n) is 6.18. The Morgan fingerprint density at radius 2 is 1.78 bits per heavy atom. The molecule has 1 unspecified atom stereocenters. The Morgan fingerprint density at radius 3 is 2.28 bits per heavy atom. The van der Waals surface area contributed by atoms with Gasteiger partial charge in [-0.1, -0.05) is 13.3 Å².